The Bertz CT molecular complexity index is 859. The molecule has 7 heteroatoms. The number of carbonyl (C=O) groups is 1. The number of hydrogen-bond acceptors (Lipinski definition) is 6. The SMILES string of the molecule is CCc1ncc(C(=O)NCc2cc(-c3ccccc3OC)no2)cn1. The van der Waals surface area contributed by atoms with Crippen LogP contribution in [0.1, 0.15) is 28.9 Å². The fourth-order valence-electron chi connectivity index (χ4n) is 2.30. The zero-order valence-corrected chi connectivity index (χ0v) is 14.0. The average molecular weight is 338 g/mol. The van der Waals surface area contributed by atoms with Gasteiger partial charge in [0.2, 0.25) is 0 Å². The Morgan fingerprint density at radius 1 is 1.24 bits per heavy atom. The molecule has 1 amide bonds. The fourth-order valence-corrected chi connectivity index (χ4v) is 2.30. The molecule has 0 aliphatic carbocycles. The van der Waals surface area contributed by atoms with Crippen molar-refractivity contribution >= 4 is 5.91 Å². The Labute approximate surface area is 145 Å². The molecule has 25 heavy (non-hydrogen) atoms. The lowest BCUT2D eigenvalue weighted by molar-refractivity contribution is 0.0946. The van der Waals surface area contributed by atoms with Gasteiger partial charge < -0.3 is 14.6 Å². The summed E-state index contributed by atoms with van der Waals surface area (Å²) >= 11 is 0. The van der Waals surface area contributed by atoms with Gasteiger partial charge in [0.1, 0.15) is 17.3 Å². The van der Waals surface area contributed by atoms with Crippen molar-refractivity contribution in [1.29, 1.82) is 0 Å². The van der Waals surface area contributed by atoms with E-state index in [0.29, 0.717) is 28.6 Å². The quantitative estimate of drug-likeness (QED) is 0.743. The fraction of sp³-hybridized carbons (Fsp3) is 0.222. The molecule has 0 saturated heterocycles. The summed E-state index contributed by atoms with van der Waals surface area (Å²) in [4.78, 5) is 20.4. The molecule has 0 unspecified atom stereocenters. The van der Waals surface area contributed by atoms with Crippen LogP contribution in [0.5, 0.6) is 5.75 Å². The van der Waals surface area contributed by atoms with E-state index in [-0.39, 0.29) is 12.5 Å². The van der Waals surface area contributed by atoms with Crippen LogP contribution >= 0.6 is 0 Å². The van der Waals surface area contributed by atoms with Gasteiger partial charge in [-0.3, -0.25) is 4.79 Å². The number of aryl methyl sites for hydroxylation is 1. The Morgan fingerprint density at radius 3 is 2.72 bits per heavy atom. The van der Waals surface area contributed by atoms with Crippen molar-refractivity contribution < 1.29 is 14.1 Å². The molecule has 1 aromatic carbocycles. The zero-order chi connectivity index (χ0) is 17.6. The van der Waals surface area contributed by atoms with Crippen LogP contribution in [0.3, 0.4) is 0 Å². The number of nitrogens with one attached hydrogen (secondary N) is 1. The van der Waals surface area contributed by atoms with E-state index in [9.17, 15) is 4.79 Å². The van der Waals surface area contributed by atoms with Gasteiger partial charge in [-0.1, -0.05) is 24.2 Å². The first-order valence-electron chi connectivity index (χ1n) is 7.89. The molecule has 0 aliphatic rings. The maximum atomic E-state index is 12.1. The largest absolute Gasteiger partial charge is 0.496 e. The van der Waals surface area contributed by atoms with Crippen LogP contribution in [0.2, 0.25) is 0 Å². The number of aromatic nitrogens is 3. The smallest absolute Gasteiger partial charge is 0.254 e. The minimum Gasteiger partial charge on any atom is -0.496 e. The Kier molecular flexibility index (Phi) is 5.03. The number of ether oxygens (including phenoxy) is 1. The number of methoxy groups -OCH3 is 1. The molecule has 0 radical (unpaired) electrons. The summed E-state index contributed by atoms with van der Waals surface area (Å²) in [7, 11) is 1.60. The van der Waals surface area contributed by atoms with Gasteiger partial charge in [0.05, 0.1) is 19.2 Å². The van der Waals surface area contributed by atoms with Crippen LogP contribution in [0.25, 0.3) is 11.3 Å². The first-order chi connectivity index (χ1) is 12.2. The number of hydrogen-bond donors (Lipinski definition) is 1. The molecule has 3 rings (SSSR count). The second-order valence-corrected chi connectivity index (χ2v) is 5.30. The topological polar surface area (TPSA) is 90.1 Å². The van der Waals surface area contributed by atoms with Crippen LogP contribution in [-0.4, -0.2) is 28.1 Å². The highest BCUT2D eigenvalue weighted by Crippen LogP contribution is 2.28. The maximum absolute atomic E-state index is 12.1. The summed E-state index contributed by atoms with van der Waals surface area (Å²) < 4.78 is 10.6. The molecule has 0 fully saturated rings. The first-order valence-corrected chi connectivity index (χ1v) is 7.89. The second-order valence-electron chi connectivity index (χ2n) is 5.30. The molecule has 2 heterocycles. The molecule has 0 spiro atoms. The monoisotopic (exact) mass is 338 g/mol. The van der Waals surface area contributed by atoms with Gasteiger partial charge in [0.25, 0.3) is 5.91 Å². The van der Waals surface area contributed by atoms with Crippen molar-refractivity contribution in [3.8, 4) is 17.0 Å². The number of benzene rings is 1. The van der Waals surface area contributed by atoms with Crippen molar-refractivity contribution in [1.82, 2.24) is 20.4 Å². The normalized spacial score (nSPS) is 10.5. The highest BCUT2D eigenvalue weighted by Gasteiger charge is 2.12. The van der Waals surface area contributed by atoms with Gasteiger partial charge in [-0.2, -0.15) is 0 Å². The predicted molar refractivity (Wildman–Crippen MR) is 91.1 cm³/mol. The second kappa shape index (κ2) is 7.57. The third kappa shape index (κ3) is 3.82. The standard InChI is InChI=1S/C18H18N4O3/c1-3-17-19-9-12(10-20-17)18(23)21-11-13-8-15(22-25-13)14-6-4-5-7-16(14)24-2/h4-10H,3,11H2,1-2H3,(H,21,23). The molecule has 0 saturated carbocycles. The van der Waals surface area contributed by atoms with Gasteiger partial charge in [0, 0.05) is 30.4 Å². The van der Waals surface area contributed by atoms with E-state index in [1.165, 1.54) is 12.4 Å². The minimum absolute atomic E-state index is 0.219. The van der Waals surface area contributed by atoms with Crippen molar-refractivity contribution in [2.24, 2.45) is 0 Å². The molecule has 2 aromatic heterocycles. The maximum Gasteiger partial charge on any atom is 0.254 e. The van der Waals surface area contributed by atoms with E-state index in [1.54, 1.807) is 13.2 Å². The van der Waals surface area contributed by atoms with Gasteiger partial charge in [-0.25, -0.2) is 9.97 Å². The summed E-state index contributed by atoms with van der Waals surface area (Å²) in [5, 5.41) is 6.80. The average Bonchev–Trinajstić information content (AvgIpc) is 3.15. The third-order valence-corrected chi connectivity index (χ3v) is 3.65. The minimum atomic E-state index is -0.266. The lowest BCUT2D eigenvalue weighted by Gasteiger charge is -2.04. The van der Waals surface area contributed by atoms with Crippen molar-refractivity contribution in [3.63, 3.8) is 0 Å². The Hall–Kier alpha value is -3.22. The molecule has 0 aliphatic heterocycles. The first kappa shape index (κ1) is 16.6. The molecule has 0 bridgehead atoms. The predicted octanol–water partition coefficient (Wildman–Crippen LogP) is 2.63. The highest BCUT2D eigenvalue weighted by atomic mass is 16.5. The van der Waals surface area contributed by atoms with Crippen LogP contribution in [0.4, 0.5) is 0 Å². The molecule has 7 nitrogen and oxygen atoms in total. The lowest BCUT2D eigenvalue weighted by atomic mass is 10.1. The van der Waals surface area contributed by atoms with Crippen LogP contribution < -0.4 is 10.1 Å². The van der Waals surface area contributed by atoms with Crippen molar-refractivity contribution in [2.45, 2.75) is 19.9 Å². The molecular formula is C18H18N4O3. The zero-order valence-electron chi connectivity index (χ0n) is 14.0. The van der Waals surface area contributed by atoms with Crippen LogP contribution in [-0.2, 0) is 13.0 Å². The van der Waals surface area contributed by atoms with Crippen molar-refractivity contribution in [3.05, 3.63) is 59.9 Å². The molecule has 3 aromatic rings. The summed E-state index contributed by atoms with van der Waals surface area (Å²) in [6.45, 7) is 2.18. The van der Waals surface area contributed by atoms with Gasteiger partial charge in [-0.05, 0) is 12.1 Å². The summed E-state index contributed by atoms with van der Waals surface area (Å²) in [6, 6.07) is 9.30. The van der Waals surface area contributed by atoms with E-state index in [1.807, 2.05) is 31.2 Å². The lowest BCUT2D eigenvalue weighted by Crippen LogP contribution is -2.23. The van der Waals surface area contributed by atoms with E-state index >= 15 is 0 Å². The van der Waals surface area contributed by atoms with Crippen LogP contribution in [0.15, 0.2) is 47.2 Å². The molecule has 0 atom stereocenters. The number of para-hydroxylation sites is 1. The van der Waals surface area contributed by atoms with E-state index in [2.05, 4.69) is 20.4 Å². The summed E-state index contributed by atoms with van der Waals surface area (Å²) in [5.41, 5.74) is 1.88. The number of amides is 1. The Morgan fingerprint density at radius 2 is 2.00 bits per heavy atom. The van der Waals surface area contributed by atoms with E-state index in [0.717, 1.165) is 12.0 Å². The van der Waals surface area contributed by atoms with E-state index in [4.69, 9.17) is 9.26 Å². The van der Waals surface area contributed by atoms with Gasteiger partial charge in [0.15, 0.2) is 5.76 Å². The van der Waals surface area contributed by atoms with E-state index < -0.39 is 0 Å². The number of carbonyl (C=O) groups excluding carboxylic acids is 1. The number of rotatable bonds is 6. The van der Waals surface area contributed by atoms with Gasteiger partial charge in [-0.15, -0.1) is 0 Å². The molecule has 1 N–H and O–H groups in total. The Balaban J connectivity index is 1.66. The van der Waals surface area contributed by atoms with Crippen LogP contribution in [0, 0.1) is 0 Å². The third-order valence-electron chi connectivity index (χ3n) is 3.65. The number of nitrogens with zero attached hydrogens (tertiary/aromatic N) is 3. The summed E-state index contributed by atoms with van der Waals surface area (Å²) in [5.74, 6) is 1.69. The molecule has 128 valence electrons. The van der Waals surface area contributed by atoms with Gasteiger partial charge >= 0.3 is 0 Å². The summed E-state index contributed by atoms with van der Waals surface area (Å²) in [6.07, 6.45) is 3.76. The molecular weight excluding hydrogens is 320 g/mol. The highest BCUT2D eigenvalue weighted by molar-refractivity contribution is 5.93. The van der Waals surface area contributed by atoms with Crippen molar-refractivity contribution in [2.75, 3.05) is 7.11 Å².